The van der Waals surface area contributed by atoms with E-state index < -0.39 is 5.54 Å². The first-order chi connectivity index (χ1) is 11.9. The number of halogens is 2. The molecule has 0 aromatic heterocycles. The normalized spacial score (nSPS) is 13.6. The van der Waals surface area contributed by atoms with Crippen LogP contribution >= 0.6 is 24.8 Å². The number of carbonyl (C=O) groups is 1. The van der Waals surface area contributed by atoms with Crippen LogP contribution in [-0.4, -0.2) is 38.6 Å². The monoisotopic (exact) mass is 413 g/mol. The molecule has 0 radical (unpaired) electrons. The number of methoxy groups -OCH3 is 1. The third-order valence-electron chi connectivity index (χ3n) is 4.40. The van der Waals surface area contributed by atoms with Crippen LogP contribution in [0.1, 0.15) is 24.1 Å². The number of nitrogens with zero attached hydrogens (tertiary/aromatic N) is 1. The molecule has 0 heterocycles. The fraction of sp³-hybridized carbons (Fsp3) is 0.350. The Balaban J connectivity index is 0.00000338. The molecule has 0 aliphatic heterocycles. The van der Waals surface area contributed by atoms with Crippen LogP contribution in [0, 0.1) is 0 Å². The van der Waals surface area contributed by atoms with Crippen molar-refractivity contribution < 1.29 is 9.53 Å². The van der Waals surface area contributed by atoms with Crippen molar-refractivity contribution in [3.05, 3.63) is 65.7 Å². The van der Waals surface area contributed by atoms with Crippen molar-refractivity contribution >= 4 is 30.7 Å². The maximum atomic E-state index is 12.7. The molecule has 3 N–H and O–H groups in total. The number of likely N-dealkylation sites (N-methyl/N-ethyl adjacent to an activating group) is 1. The number of carbonyl (C=O) groups excluding carboxylic acids is 1. The van der Waals surface area contributed by atoms with E-state index in [2.05, 4.69) is 10.2 Å². The van der Waals surface area contributed by atoms with Gasteiger partial charge in [-0.15, -0.1) is 24.8 Å². The van der Waals surface area contributed by atoms with E-state index in [1.807, 2.05) is 68.7 Å². The van der Waals surface area contributed by atoms with Gasteiger partial charge in [0.1, 0.15) is 11.3 Å². The second kappa shape index (κ2) is 11.1. The first-order valence-corrected chi connectivity index (χ1v) is 8.29. The Morgan fingerprint density at radius 2 is 1.78 bits per heavy atom. The summed E-state index contributed by atoms with van der Waals surface area (Å²) in [5, 5.41) is 2.99. The minimum Gasteiger partial charge on any atom is -0.497 e. The Hall–Kier alpha value is -1.79. The van der Waals surface area contributed by atoms with Gasteiger partial charge in [0.25, 0.3) is 0 Å². The highest BCUT2D eigenvalue weighted by molar-refractivity contribution is 5.87. The van der Waals surface area contributed by atoms with E-state index in [0.29, 0.717) is 6.54 Å². The smallest absolute Gasteiger partial charge is 0.244 e. The standard InChI is InChI=1S/C20H27N3O2.2ClH/c1-20(21,16-10-6-5-7-11-16)19(24)22-14-18(23(2)3)15-9-8-12-17(13-15)25-4;;/h5-13,18H,14,21H2,1-4H3,(H,22,24);2*1H. The van der Waals surface area contributed by atoms with Crippen molar-refractivity contribution in [3.63, 3.8) is 0 Å². The number of ether oxygens (including phenoxy) is 1. The molecule has 150 valence electrons. The summed E-state index contributed by atoms with van der Waals surface area (Å²) in [6.45, 7) is 2.19. The summed E-state index contributed by atoms with van der Waals surface area (Å²) in [5.41, 5.74) is 7.07. The molecule has 2 rings (SSSR count). The quantitative estimate of drug-likeness (QED) is 0.731. The van der Waals surface area contributed by atoms with Crippen LogP contribution in [-0.2, 0) is 10.3 Å². The zero-order valence-electron chi connectivity index (χ0n) is 16.1. The lowest BCUT2D eigenvalue weighted by Crippen LogP contribution is -2.50. The molecule has 2 unspecified atom stereocenters. The number of amides is 1. The molecule has 1 amide bonds. The van der Waals surface area contributed by atoms with Crippen molar-refractivity contribution in [1.29, 1.82) is 0 Å². The minimum atomic E-state index is -1.08. The van der Waals surface area contributed by atoms with E-state index in [0.717, 1.165) is 16.9 Å². The predicted octanol–water partition coefficient (Wildman–Crippen LogP) is 3.13. The van der Waals surface area contributed by atoms with Crippen LogP contribution in [0.4, 0.5) is 0 Å². The molecular formula is C20H29Cl2N3O2. The zero-order valence-corrected chi connectivity index (χ0v) is 17.8. The summed E-state index contributed by atoms with van der Waals surface area (Å²) in [4.78, 5) is 14.7. The van der Waals surface area contributed by atoms with E-state index in [-0.39, 0.29) is 36.8 Å². The van der Waals surface area contributed by atoms with Crippen LogP contribution in [0.2, 0.25) is 0 Å². The summed E-state index contributed by atoms with van der Waals surface area (Å²) >= 11 is 0. The Morgan fingerprint density at radius 1 is 1.15 bits per heavy atom. The number of hydrogen-bond acceptors (Lipinski definition) is 4. The third-order valence-corrected chi connectivity index (χ3v) is 4.40. The maximum absolute atomic E-state index is 12.7. The van der Waals surface area contributed by atoms with Gasteiger partial charge in [0.2, 0.25) is 5.91 Å². The molecule has 2 atom stereocenters. The van der Waals surface area contributed by atoms with Crippen LogP contribution < -0.4 is 15.8 Å². The van der Waals surface area contributed by atoms with E-state index >= 15 is 0 Å². The average molecular weight is 414 g/mol. The number of nitrogens with two attached hydrogens (primary N) is 1. The molecule has 0 saturated heterocycles. The molecule has 0 spiro atoms. The van der Waals surface area contributed by atoms with Gasteiger partial charge in [0.05, 0.1) is 13.2 Å². The number of hydrogen-bond donors (Lipinski definition) is 2. The fourth-order valence-electron chi connectivity index (χ4n) is 2.74. The molecule has 2 aromatic rings. The maximum Gasteiger partial charge on any atom is 0.244 e. The van der Waals surface area contributed by atoms with Crippen molar-refractivity contribution in [3.8, 4) is 5.75 Å². The summed E-state index contributed by atoms with van der Waals surface area (Å²) < 4.78 is 5.30. The number of rotatable bonds is 7. The van der Waals surface area contributed by atoms with Gasteiger partial charge in [-0.1, -0.05) is 42.5 Å². The summed E-state index contributed by atoms with van der Waals surface area (Å²) in [6, 6.07) is 17.3. The van der Waals surface area contributed by atoms with Crippen LogP contribution in [0.25, 0.3) is 0 Å². The van der Waals surface area contributed by atoms with E-state index in [1.54, 1.807) is 14.0 Å². The van der Waals surface area contributed by atoms with Crippen molar-refractivity contribution in [2.24, 2.45) is 5.73 Å². The SMILES string of the molecule is COc1cccc(C(CNC(=O)C(C)(N)c2ccccc2)N(C)C)c1.Cl.Cl. The predicted molar refractivity (Wildman–Crippen MR) is 115 cm³/mol. The first-order valence-electron chi connectivity index (χ1n) is 8.29. The molecule has 0 bridgehead atoms. The Labute approximate surface area is 174 Å². The largest absolute Gasteiger partial charge is 0.497 e. The first kappa shape index (κ1) is 25.2. The van der Waals surface area contributed by atoms with Crippen molar-refractivity contribution in [2.75, 3.05) is 27.7 Å². The summed E-state index contributed by atoms with van der Waals surface area (Å²) in [7, 11) is 5.61. The second-order valence-electron chi connectivity index (χ2n) is 6.53. The summed E-state index contributed by atoms with van der Waals surface area (Å²) in [6.07, 6.45) is 0. The second-order valence-corrected chi connectivity index (χ2v) is 6.53. The van der Waals surface area contributed by atoms with Gasteiger partial charge in [-0.2, -0.15) is 0 Å². The van der Waals surface area contributed by atoms with E-state index in [1.165, 1.54) is 0 Å². The third kappa shape index (κ3) is 6.40. The van der Waals surface area contributed by atoms with Gasteiger partial charge in [0.15, 0.2) is 0 Å². The lowest BCUT2D eigenvalue weighted by molar-refractivity contribution is -0.126. The van der Waals surface area contributed by atoms with Crippen LogP contribution in [0.3, 0.4) is 0 Å². The van der Waals surface area contributed by atoms with Gasteiger partial charge in [-0.3, -0.25) is 4.79 Å². The van der Waals surface area contributed by atoms with Crippen molar-refractivity contribution in [1.82, 2.24) is 10.2 Å². The molecule has 27 heavy (non-hydrogen) atoms. The highest BCUT2D eigenvalue weighted by atomic mass is 35.5. The molecule has 0 fully saturated rings. The Bertz CT molecular complexity index is 709. The van der Waals surface area contributed by atoms with Gasteiger partial charge >= 0.3 is 0 Å². The van der Waals surface area contributed by atoms with Gasteiger partial charge in [-0.25, -0.2) is 0 Å². The molecule has 5 nitrogen and oxygen atoms in total. The number of nitrogens with one attached hydrogen (secondary N) is 1. The fourth-order valence-corrected chi connectivity index (χ4v) is 2.74. The molecule has 0 saturated carbocycles. The molecule has 2 aromatic carbocycles. The molecule has 0 aliphatic rings. The average Bonchev–Trinajstić information content (AvgIpc) is 2.62. The van der Waals surface area contributed by atoms with E-state index in [9.17, 15) is 4.79 Å². The van der Waals surface area contributed by atoms with E-state index in [4.69, 9.17) is 10.5 Å². The molecular weight excluding hydrogens is 385 g/mol. The van der Waals surface area contributed by atoms with Crippen LogP contribution in [0.5, 0.6) is 5.75 Å². The molecule has 0 aliphatic carbocycles. The lowest BCUT2D eigenvalue weighted by atomic mass is 9.92. The highest BCUT2D eigenvalue weighted by Crippen LogP contribution is 2.23. The Kier molecular flexibility index (Phi) is 10.4. The Morgan fingerprint density at radius 3 is 2.33 bits per heavy atom. The minimum absolute atomic E-state index is 0. The summed E-state index contributed by atoms with van der Waals surface area (Å²) in [5.74, 6) is 0.595. The van der Waals surface area contributed by atoms with Crippen molar-refractivity contribution in [2.45, 2.75) is 18.5 Å². The highest BCUT2D eigenvalue weighted by Gasteiger charge is 2.30. The number of benzene rings is 2. The zero-order chi connectivity index (χ0) is 18.4. The van der Waals surface area contributed by atoms with Gasteiger partial charge in [0, 0.05) is 6.54 Å². The molecule has 7 heteroatoms. The van der Waals surface area contributed by atoms with Crippen LogP contribution in [0.15, 0.2) is 54.6 Å². The lowest BCUT2D eigenvalue weighted by Gasteiger charge is -2.29. The van der Waals surface area contributed by atoms with Gasteiger partial charge < -0.3 is 20.7 Å². The topological polar surface area (TPSA) is 67.6 Å². The van der Waals surface area contributed by atoms with Gasteiger partial charge in [-0.05, 0) is 44.3 Å².